The van der Waals surface area contributed by atoms with Gasteiger partial charge in [0.25, 0.3) is 0 Å². The molecule has 0 spiro atoms. The van der Waals surface area contributed by atoms with Crippen LogP contribution in [0.2, 0.25) is 0 Å². The summed E-state index contributed by atoms with van der Waals surface area (Å²) in [7, 11) is 2.27. The molecule has 0 aliphatic carbocycles. The van der Waals surface area contributed by atoms with Gasteiger partial charge in [-0.15, -0.1) is 0 Å². The Morgan fingerprint density at radius 2 is 1.76 bits per heavy atom. The van der Waals surface area contributed by atoms with Crippen molar-refractivity contribution in [3.63, 3.8) is 0 Å². The van der Waals surface area contributed by atoms with E-state index in [9.17, 15) is 0 Å². The normalized spacial score (nSPS) is 37.3. The molecule has 2 heterocycles. The van der Waals surface area contributed by atoms with Gasteiger partial charge in [-0.3, -0.25) is 0 Å². The second-order valence-corrected chi connectivity index (χ2v) is 5.98. The van der Waals surface area contributed by atoms with Crippen LogP contribution in [-0.2, 0) is 6.42 Å². The fraction of sp³-hybridized carbons (Fsp3) is 0.600. The van der Waals surface area contributed by atoms with Crippen molar-refractivity contribution in [1.82, 2.24) is 4.90 Å². The molecule has 0 amide bonds. The molecule has 0 aromatic heterocycles. The van der Waals surface area contributed by atoms with Gasteiger partial charge in [-0.2, -0.15) is 0 Å². The molecule has 2 unspecified atom stereocenters. The van der Waals surface area contributed by atoms with Gasteiger partial charge in [0.1, 0.15) is 0 Å². The molecular weight excluding hydrogens is 208 g/mol. The SMILES string of the molecule is CN1C2CCC1CC(N)(Cc1ccccc1)C2. The Morgan fingerprint density at radius 3 is 2.35 bits per heavy atom. The van der Waals surface area contributed by atoms with Gasteiger partial charge < -0.3 is 10.6 Å². The fourth-order valence-corrected chi connectivity index (χ4v) is 3.75. The lowest BCUT2D eigenvalue weighted by atomic mass is 9.79. The number of rotatable bonds is 2. The Labute approximate surface area is 104 Å². The van der Waals surface area contributed by atoms with Crippen LogP contribution in [0.5, 0.6) is 0 Å². The number of piperidine rings is 1. The zero-order chi connectivity index (χ0) is 11.9. The number of hydrogen-bond acceptors (Lipinski definition) is 2. The van der Waals surface area contributed by atoms with Crippen molar-refractivity contribution in [2.24, 2.45) is 5.73 Å². The Hall–Kier alpha value is -0.860. The summed E-state index contributed by atoms with van der Waals surface area (Å²) in [5.74, 6) is 0. The van der Waals surface area contributed by atoms with E-state index in [0.717, 1.165) is 31.3 Å². The van der Waals surface area contributed by atoms with Gasteiger partial charge in [0.2, 0.25) is 0 Å². The first-order valence-corrected chi connectivity index (χ1v) is 6.71. The molecular formula is C15H22N2. The largest absolute Gasteiger partial charge is 0.325 e. The van der Waals surface area contributed by atoms with Gasteiger partial charge in [-0.05, 0) is 44.7 Å². The molecule has 2 aliphatic heterocycles. The highest BCUT2D eigenvalue weighted by atomic mass is 15.2. The molecule has 92 valence electrons. The summed E-state index contributed by atoms with van der Waals surface area (Å²) in [6.07, 6.45) is 6.04. The second-order valence-electron chi connectivity index (χ2n) is 5.98. The first-order chi connectivity index (χ1) is 8.16. The number of hydrogen-bond donors (Lipinski definition) is 1. The summed E-state index contributed by atoms with van der Waals surface area (Å²) in [5, 5.41) is 0. The molecule has 1 aromatic carbocycles. The van der Waals surface area contributed by atoms with Gasteiger partial charge in [-0.1, -0.05) is 30.3 Å². The van der Waals surface area contributed by atoms with Crippen LogP contribution in [0.15, 0.2) is 30.3 Å². The first-order valence-electron chi connectivity index (χ1n) is 6.71. The van der Waals surface area contributed by atoms with Crippen LogP contribution in [0.4, 0.5) is 0 Å². The lowest BCUT2D eigenvalue weighted by Gasteiger charge is -2.43. The summed E-state index contributed by atoms with van der Waals surface area (Å²) in [6.45, 7) is 0. The Bertz CT molecular complexity index is 373. The molecule has 17 heavy (non-hydrogen) atoms. The molecule has 2 fully saturated rings. The van der Waals surface area contributed by atoms with E-state index in [0.29, 0.717) is 0 Å². The van der Waals surface area contributed by atoms with Crippen LogP contribution in [-0.4, -0.2) is 29.6 Å². The quantitative estimate of drug-likeness (QED) is 0.844. The number of nitrogens with zero attached hydrogens (tertiary/aromatic N) is 1. The maximum absolute atomic E-state index is 6.65. The minimum atomic E-state index is 0.0275. The first kappa shape index (κ1) is 11.2. The Kier molecular flexibility index (Phi) is 2.72. The number of nitrogens with two attached hydrogens (primary N) is 1. The fourth-order valence-electron chi connectivity index (χ4n) is 3.75. The van der Waals surface area contributed by atoms with Gasteiger partial charge in [-0.25, -0.2) is 0 Å². The molecule has 2 heteroatoms. The van der Waals surface area contributed by atoms with E-state index >= 15 is 0 Å². The van der Waals surface area contributed by atoms with Gasteiger partial charge in [0.15, 0.2) is 0 Å². The summed E-state index contributed by atoms with van der Waals surface area (Å²) >= 11 is 0. The third-order valence-corrected chi connectivity index (χ3v) is 4.67. The zero-order valence-corrected chi connectivity index (χ0v) is 10.6. The molecule has 0 radical (unpaired) electrons. The maximum atomic E-state index is 6.65. The third kappa shape index (κ3) is 2.12. The van der Waals surface area contributed by atoms with E-state index in [2.05, 4.69) is 42.3 Å². The van der Waals surface area contributed by atoms with Gasteiger partial charge in [0, 0.05) is 17.6 Å². The van der Waals surface area contributed by atoms with E-state index in [-0.39, 0.29) is 5.54 Å². The molecule has 2 saturated heterocycles. The molecule has 2 N–H and O–H groups in total. The minimum Gasteiger partial charge on any atom is -0.325 e. The Morgan fingerprint density at radius 1 is 1.18 bits per heavy atom. The summed E-state index contributed by atoms with van der Waals surface area (Å²) < 4.78 is 0. The summed E-state index contributed by atoms with van der Waals surface area (Å²) in [6, 6.07) is 12.2. The highest BCUT2D eigenvalue weighted by Gasteiger charge is 2.44. The van der Waals surface area contributed by atoms with Crippen molar-refractivity contribution in [3.8, 4) is 0 Å². The number of benzene rings is 1. The van der Waals surface area contributed by atoms with Crippen LogP contribution in [0.25, 0.3) is 0 Å². The van der Waals surface area contributed by atoms with Crippen molar-refractivity contribution >= 4 is 0 Å². The number of fused-ring (bicyclic) bond motifs is 2. The van der Waals surface area contributed by atoms with Crippen LogP contribution in [0.3, 0.4) is 0 Å². The summed E-state index contributed by atoms with van der Waals surface area (Å²) in [4.78, 5) is 2.55. The molecule has 2 bridgehead atoms. The Balaban J connectivity index is 1.75. The average molecular weight is 230 g/mol. The highest BCUT2D eigenvalue weighted by Crippen LogP contribution is 2.39. The lowest BCUT2D eigenvalue weighted by Crippen LogP contribution is -2.55. The van der Waals surface area contributed by atoms with Gasteiger partial charge in [0.05, 0.1) is 0 Å². The molecule has 2 atom stereocenters. The maximum Gasteiger partial charge on any atom is 0.0225 e. The lowest BCUT2D eigenvalue weighted by molar-refractivity contribution is 0.113. The zero-order valence-electron chi connectivity index (χ0n) is 10.6. The predicted molar refractivity (Wildman–Crippen MR) is 70.9 cm³/mol. The van der Waals surface area contributed by atoms with E-state index in [1.54, 1.807) is 0 Å². The summed E-state index contributed by atoms with van der Waals surface area (Å²) in [5.41, 5.74) is 8.06. The second kappa shape index (κ2) is 4.11. The van der Waals surface area contributed by atoms with E-state index in [1.807, 2.05) is 0 Å². The molecule has 2 nitrogen and oxygen atoms in total. The standard InChI is InChI=1S/C15H22N2/c1-17-13-7-8-14(17)11-15(16,10-13)9-12-5-3-2-4-6-12/h2-6,13-14H,7-11,16H2,1H3. The molecule has 0 saturated carbocycles. The monoisotopic (exact) mass is 230 g/mol. The van der Waals surface area contributed by atoms with Crippen molar-refractivity contribution < 1.29 is 0 Å². The average Bonchev–Trinajstić information content (AvgIpc) is 2.54. The van der Waals surface area contributed by atoms with Crippen molar-refractivity contribution in [2.75, 3.05) is 7.05 Å². The van der Waals surface area contributed by atoms with Crippen molar-refractivity contribution in [3.05, 3.63) is 35.9 Å². The molecule has 2 aliphatic rings. The van der Waals surface area contributed by atoms with Crippen LogP contribution < -0.4 is 5.73 Å². The van der Waals surface area contributed by atoms with E-state index in [4.69, 9.17) is 5.73 Å². The van der Waals surface area contributed by atoms with Crippen LogP contribution in [0, 0.1) is 0 Å². The van der Waals surface area contributed by atoms with Crippen LogP contribution >= 0.6 is 0 Å². The third-order valence-electron chi connectivity index (χ3n) is 4.67. The van der Waals surface area contributed by atoms with Crippen molar-refractivity contribution in [2.45, 2.75) is 49.7 Å². The highest BCUT2D eigenvalue weighted by molar-refractivity contribution is 5.19. The predicted octanol–water partition coefficient (Wildman–Crippen LogP) is 2.18. The van der Waals surface area contributed by atoms with Crippen molar-refractivity contribution in [1.29, 1.82) is 0 Å². The topological polar surface area (TPSA) is 29.3 Å². The van der Waals surface area contributed by atoms with Crippen LogP contribution in [0.1, 0.15) is 31.2 Å². The molecule has 3 rings (SSSR count). The molecule has 1 aromatic rings. The van der Waals surface area contributed by atoms with E-state index < -0.39 is 0 Å². The van der Waals surface area contributed by atoms with Gasteiger partial charge >= 0.3 is 0 Å². The smallest absolute Gasteiger partial charge is 0.0225 e. The van der Waals surface area contributed by atoms with E-state index in [1.165, 1.54) is 18.4 Å². The minimum absolute atomic E-state index is 0.0275.